The Morgan fingerprint density at radius 1 is 0.846 bits per heavy atom. The number of likely N-dealkylation sites (tertiary alicyclic amines) is 1. The molecule has 2 saturated heterocycles. The standard InChI is InChI=1S/C22H33N3O/c26-22(25-14-6-1-2-7-15-25)12-16-24-19-17-23(18-20-24)13-8-11-21-9-4-3-5-10-21/h3-5,8-11H,1-2,6-7,12-20H2/b11-8+. The van der Waals surface area contributed by atoms with E-state index in [1.807, 2.05) is 6.07 Å². The van der Waals surface area contributed by atoms with E-state index in [2.05, 4.69) is 51.1 Å². The van der Waals surface area contributed by atoms with Gasteiger partial charge in [0.1, 0.15) is 0 Å². The molecule has 0 radical (unpaired) electrons. The minimum atomic E-state index is 0.361. The van der Waals surface area contributed by atoms with Gasteiger partial charge in [-0.1, -0.05) is 55.3 Å². The zero-order chi connectivity index (χ0) is 18.0. The second-order valence-electron chi connectivity index (χ2n) is 7.50. The predicted octanol–water partition coefficient (Wildman–Crippen LogP) is 3.11. The number of rotatable bonds is 6. The lowest BCUT2D eigenvalue weighted by Gasteiger charge is -2.34. The van der Waals surface area contributed by atoms with Crippen LogP contribution < -0.4 is 0 Å². The topological polar surface area (TPSA) is 26.8 Å². The molecule has 1 amide bonds. The van der Waals surface area contributed by atoms with Crippen LogP contribution in [0.4, 0.5) is 0 Å². The normalized spacial score (nSPS) is 20.4. The summed E-state index contributed by atoms with van der Waals surface area (Å²) in [6, 6.07) is 10.5. The maximum atomic E-state index is 12.4. The van der Waals surface area contributed by atoms with Crippen molar-refractivity contribution in [1.82, 2.24) is 14.7 Å². The first kappa shape index (κ1) is 19.1. The summed E-state index contributed by atoms with van der Waals surface area (Å²) in [4.78, 5) is 19.5. The molecule has 4 nitrogen and oxygen atoms in total. The first-order chi connectivity index (χ1) is 12.8. The minimum absolute atomic E-state index is 0.361. The van der Waals surface area contributed by atoms with Gasteiger partial charge in [0.15, 0.2) is 0 Å². The van der Waals surface area contributed by atoms with Crippen LogP contribution in [0.15, 0.2) is 36.4 Å². The Morgan fingerprint density at radius 2 is 1.50 bits per heavy atom. The fourth-order valence-corrected chi connectivity index (χ4v) is 3.83. The van der Waals surface area contributed by atoms with Gasteiger partial charge in [0, 0.05) is 58.8 Å². The Labute approximate surface area is 158 Å². The number of carbonyl (C=O) groups excluding carboxylic acids is 1. The summed E-state index contributed by atoms with van der Waals surface area (Å²) >= 11 is 0. The summed E-state index contributed by atoms with van der Waals surface area (Å²) in [5.74, 6) is 0.361. The molecule has 2 aliphatic heterocycles. The number of amides is 1. The van der Waals surface area contributed by atoms with Crippen LogP contribution in [0, 0.1) is 0 Å². The second-order valence-corrected chi connectivity index (χ2v) is 7.50. The van der Waals surface area contributed by atoms with Crippen LogP contribution in [0.1, 0.15) is 37.7 Å². The fourth-order valence-electron chi connectivity index (χ4n) is 3.83. The Bertz CT molecular complexity index is 556. The first-order valence-electron chi connectivity index (χ1n) is 10.3. The van der Waals surface area contributed by atoms with E-state index in [-0.39, 0.29) is 0 Å². The number of hydrogen-bond acceptors (Lipinski definition) is 3. The Kier molecular flexibility index (Phi) is 7.71. The van der Waals surface area contributed by atoms with Crippen LogP contribution in [0.5, 0.6) is 0 Å². The lowest BCUT2D eigenvalue weighted by atomic mass is 10.2. The van der Waals surface area contributed by atoms with E-state index in [0.717, 1.165) is 52.4 Å². The molecule has 2 fully saturated rings. The third kappa shape index (κ3) is 6.26. The molecule has 0 N–H and O–H groups in total. The Morgan fingerprint density at radius 3 is 2.19 bits per heavy atom. The first-order valence-corrected chi connectivity index (χ1v) is 10.3. The van der Waals surface area contributed by atoms with Crippen molar-refractivity contribution in [2.45, 2.75) is 32.1 Å². The second kappa shape index (κ2) is 10.5. The van der Waals surface area contributed by atoms with E-state index in [4.69, 9.17) is 0 Å². The number of hydrogen-bond donors (Lipinski definition) is 0. The molecule has 2 heterocycles. The van der Waals surface area contributed by atoms with E-state index in [0.29, 0.717) is 12.3 Å². The quantitative estimate of drug-likeness (QED) is 0.784. The average Bonchev–Trinajstić information content (AvgIpc) is 2.97. The van der Waals surface area contributed by atoms with Gasteiger partial charge in [0.2, 0.25) is 5.91 Å². The minimum Gasteiger partial charge on any atom is -0.343 e. The molecule has 0 atom stereocenters. The summed E-state index contributed by atoms with van der Waals surface area (Å²) in [7, 11) is 0. The molecule has 1 aromatic rings. The van der Waals surface area contributed by atoms with E-state index < -0.39 is 0 Å². The van der Waals surface area contributed by atoms with Gasteiger partial charge in [-0.05, 0) is 18.4 Å². The Hall–Kier alpha value is -1.65. The van der Waals surface area contributed by atoms with Gasteiger partial charge in [-0.25, -0.2) is 0 Å². The highest BCUT2D eigenvalue weighted by Gasteiger charge is 2.19. The molecule has 0 aromatic heterocycles. The van der Waals surface area contributed by atoms with E-state index >= 15 is 0 Å². The number of carbonyl (C=O) groups is 1. The van der Waals surface area contributed by atoms with Crippen LogP contribution in [0.2, 0.25) is 0 Å². The summed E-state index contributed by atoms with van der Waals surface area (Å²) < 4.78 is 0. The SMILES string of the molecule is O=C(CCN1CCN(C/C=C/c2ccccc2)CC1)N1CCCCCC1. The molecular formula is C22H33N3O. The summed E-state index contributed by atoms with van der Waals surface area (Å²) in [5, 5.41) is 0. The van der Waals surface area contributed by atoms with Gasteiger partial charge in [0.05, 0.1) is 0 Å². The highest BCUT2D eigenvalue weighted by Crippen LogP contribution is 2.11. The van der Waals surface area contributed by atoms with Crippen LogP contribution in [0.3, 0.4) is 0 Å². The van der Waals surface area contributed by atoms with Crippen molar-refractivity contribution < 1.29 is 4.79 Å². The molecule has 0 saturated carbocycles. The third-order valence-corrected chi connectivity index (χ3v) is 5.54. The van der Waals surface area contributed by atoms with Gasteiger partial charge >= 0.3 is 0 Å². The van der Waals surface area contributed by atoms with Crippen molar-refractivity contribution in [2.75, 3.05) is 52.4 Å². The number of piperazine rings is 1. The van der Waals surface area contributed by atoms with Gasteiger partial charge in [-0.3, -0.25) is 9.69 Å². The average molecular weight is 356 g/mol. The fraction of sp³-hybridized carbons (Fsp3) is 0.591. The van der Waals surface area contributed by atoms with Crippen LogP contribution in [-0.2, 0) is 4.79 Å². The van der Waals surface area contributed by atoms with Gasteiger partial charge in [0.25, 0.3) is 0 Å². The molecule has 4 heteroatoms. The van der Waals surface area contributed by atoms with Crippen LogP contribution >= 0.6 is 0 Å². The smallest absolute Gasteiger partial charge is 0.223 e. The summed E-state index contributed by atoms with van der Waals surface area (Å²) in [5.41, 5.74) is 1.26. The zero-order valence-electron chi connectivity index (χ0n) is 16.0. The van der Waals surface area contributed by atoms with Gasteiger partial charge in [-0.15, -0.1) is 0 Å². The van der Waals surface area contributed by atoms with Crippen molar-refractivity contribution in [2.24, 2.45) is 0 Å². The molecule has 0 aliphatic carbocycles. The highest BCUT2D eigenvalue weighted by atomic mass is 16.2. The maximum Gasteiger partial charge on any atom is 0.223 e. The van der Waals surface area contributed by atoms with Gasteiger partial charge in [-0.2, -0.15) is 0 Å². The maximum absolute atomic E-state index is 12.4. The lowest BCUT2D eigenvalue weighted by Crippen LogP contribution is -2.47. The molecule has 2 aliphatic rings. The monoisotopic (exact) mass is 355 g/mol. The van der Waals surface area contributed by atoms with E-state index in [1.54, 1.807) is 0 Å². The van der Waals surface area contributed by atoms with E-state index in [9.17, 15) is 4.79 Å². The number of benzene rings is 1. The number of nitrogens with zero attached hydrogens (tertiary/aromatic N) is 3. The molecular weight excluding hydrogens is 322 g/mol. The molecule has 3 rings (SSSR count). The lowest BCUT2D eigenvalue weighted by molar-refractivity contribution is -0.131. The molecule has 0 spiro atoms. The largest absolute Gasteiger partial charge is 0.343 e. The molecule has 26 heavy (non-hydrogen) atoms. The van der Waals surface area contributed by atoms with E-state index in [1.165, 1.54) is 31.2 Å². The van der Waals surface area contributed by atoms with Crippen molar-refractivity contribution in [3.63, 3.8) is 0 Å². The van der Waals surface area contributed by atoms with Crippen molar-refractivity contribution in [1.29, 1.82) is 0 Å². The van der Waals surface area contributed by atoms with Crippen LogP contribution in [0.25, 0.3) is 6.08 Å². The highest BCUT2D eigenvalue weighted by molar-refractivity contribution is 5.76. The van der Waals surface area contributed by atoms with Gasteiger partial charge < -0.3 is 9.80 Å². The van der Waals surface area contributed by atoms with Crippen molar-refractivity contribution >= 4 is 12.0 Å². The molecule has 142 valence electrons. The predicted molar refractivity (Wildman–Crippen MR) is 108 cm³/mol. The van der Waals surface area contributed by atoms with Crippen molar-refractivity contribution in [3.8, 4) is 0 Å². The van der Waals surface area contributed by atoms with Crippen LogP contribution in [-0.4, -0.2) is 73.0 Å². The molecule has 0 unspecified atom stereocenters. The Balaban J connectivity index is 1.32. The third-order valence-electron chi connectivity index (χ3n) is 5.54. The summed E-state index contributed by atoms with van der Waals surface area (Å²) in [6.45, 7) is 8.21. The van der Waals surface area contributed by atoms with Crippen molar-refractivity contribution in [3.05, 3.63) is 42.0 Å². The molecule has 0 bridgehead atoms. The summed E-state index contributed by atoms with van der Waals surface area (Å²) in [6.07, 6.45) is 10.1. The molecule has 1 aromatic carbocycles. The zero-order valence-corrected chi connectivity index (χ0v) is 16.0.